The monoisotopic (exact) mass is 604 g/mol. The van der Waals surface area contributed by atoms with Crippen LogP contribution in [0, 0.1) is 5.92 Å². The lowest BCUT2D eigenvalue weighted by Crippen LogP contribution is -2.13. The van der Waals surface area contributed by atoms with Gasteiger partial charge in [0.05, 0.1) is 25.5 Å². The van der Waals surface area contributed by atoms with Crippen molar-refractivity contribution in [1.82, 2.24) is 4.98 Å². The van der Waals surface area contributed by atoms with Crippen LogP contribution in [0.15, 0.2) is 71.1 Å². The van der Waals surface area contributed by atoms with Crippen LogP contribution in [-0.4, -0.2) is 31.0 Å². The van der Waals surface area contributed by atoms with Gasteiger partial charge in [0.1, 0.15) is 29.4 Å². The summed E-state index contributed by atoms with van der Waals surface area (Å²) in [6.45, 7) is 6.32. The van der Waals surface area contributed by atoms with Gasteiger partial charge < -0.3 is 24.7 Å². The van der Waals surface area contributed by atoms with Crippen LogP contribution < -0.4 is 15.2 Å². The summed E-state index contributed by atoms with van der Waals surface area (Å²) in [6, 6.07) is 15.6. The first kappa shape index (κ1) is 33.7. The number of nitrogens with zero attached hydrogens (tertiary/aromatic N) is 1. The maximum Gasteiger partial charge on any atom is 0.333 e. The molecule has 3 aromatic rings. The number of esters is 1. The molecule has 1 heterocycles. The van der Waals surface area contributed by atoms with Crippen LogP contribution in [0.2, 0.25) is 0 Å². The molecule has 1 saturated carbocycles. The topological polar surface area (TPSA) is 101 Å². The molecule has 0 amide bonds. The van der Waals surface area contributed by atoms with E-state index in [1.807, 2.05) is 66.9 Å². The zero-order valence-corrected chi connectivity index (χ0v) is 26.5. The number of thiazole rings is 1. The summed E-state index contributed by atoms with van der Waals surface area (Å²) < 4.78 is 16.1. The number of allylic oxidation sites excluding steroid dienone is 2. The van der Waals surface area contributed by atoms with E-state index in [0.717, 1.165) is 58.0 Å². The van der Waals surface area contributed by atoms with Gasteiger partial charge in [0, 0.05) is 16.9 Å². The predicted molar refractivity (Wildman–Crippen MR) is 173 cm³/mol. The Balaban J connectivity index is 0.000000546. The van der Waals surface area contributed by atoms with Gasteiger partial charge in [0.15, 0.2) is 0 Å². The zero-order valence-electron chi connectivity index (χ0n) is 25.7. The van der Waals surface area contributed by atoms with E-state index in [-0.39, 0.29) is 12.0 Å². The van der Waals surface area contributed by atoms with E-state index in [4.69, 9.17) is 19.9 Å². The van der Waals surface area contributed by atoms with Crippen LogP contribution in [0.25, 0.3) is 6.08 Å². The number of carbonyl (C=O) groups excluding carboxylic acids is 2. The normalized spacial score (nSPS) is 14.7. The summed E-state index contributed by atoms with van der Waals surface area (Å²) in [6.07, 6.45) is 11.7. The maximum absolute atomic E-state index is 11.8. The molecule has 0 aliphatic heterocycles. The van der Waals surface area contributed by atoms with Crippen molar-refractivity contribution in [2.24, 2.45) is 11.7 Å². The largest absolute Gasteiger partial charge is 0.497 e. The fourth-order valence-corrected chi connectivity index (χ4v) is 5.46. The SMILES string of the molecule is CCOC(=O)/C(C)=C\C(C)=C\c1csc(C(N)Cc2ccc(OCc3ccc(OC)cc3)cc2)n1.O=CC1CCCCC1. The van der Waals surface area contributed by atoms with Gasteiger partial charge >= 0.3 is 5.97 Å². The van der Waals surface area contributed by atoms with Crippen LogP contribution >= 0.6 is 11.3 Å². The smallest absolute Gasteiger partial charge is 0.333 e. The van der Waals surface area contributed by atoms with E-state index < -0.39 is 0 Å². The predicted octanol–water partition coefficient (Wildman–Crippen LogP) is 7.65. The summed E-state index contributed by atoms with van der Waals surface area (Å²) in [7, 11) is 1.65. The molecule has 7 nitrogen and oxygen atoms in total. The van der Waals surface area contributed by atoms with Crippen molar-refractivity contribution in [2.75, 3.05) is 13.7 Å². The Kier molecular flexibility index (Phi) is 14.2. The van der Waals surface area contributed by atoms with Gasteiger partial charge in [-0.05, 0) is 93.2 Å². The van der Waals surface area contributed by atoms with Gasteiger partial charge in [0.2, 0.25) is 0 Å². The molecular formula is C35H44N2O5S. The number of hydrogen-bond donors (Lipinski definition) is 1. The van der Waals surface area contributed by atoms with Crippen LogP contribution in [0.5, 0.6) is 11.5 Å². The standard InChI is InChI=1S/C28H32N2O4S.C7H12O/c1-5-33-28(31)20(3)14-19(2)15-23-18-35-27(30-23)26(29)16-21-6-12-25(13-7-21)34-17-22-8-10-24(32-4)11-9-22;8-6-7-4-2-1-3-5-7/h6-15,18,26H,5,16-17,29H2,1-4H3;6-7H,1-5H2/b19-15+,20-14-;. The average Bonchev–Trinajstić information content (AvgIpc) is 3.50. The number of methoxy groups -OCH3 is 1. The van der Waals surface area contributed by atoms with Crippen molar-refractivity contribution >= 4 is 29.7 Å². The molecule has 1 aromatic heterocycles. The van der Waals surface area contributed by atoms with E-state index >= 15 is 0 Å². The Bertz CT molecular complexity index is 1340. The third-order valence-corrected chi connectivity index (χ3v) is 8.05. The van der Waals surface area contributed by atoms with Crippen molar-refractivity contribution in [2.45, 2.75) is 71.9 Å². The van der Waals surface area contributed by atoms with Crippen LogP contribution in [-0.2, 0) is 27.4 Å². The highest BCUT2D eigenvalue weighted by atomic mass is 32.1. The lowest BCUT2D eigenvalue weighted by molar-refractivity contribution is -0.138. The molecule has 1 atom stereocenters. The van der Waals surface area contributed by atoms with Crippen molar-refractivity contribution in [3.8, 4) is 11.5 Å². The van der Waals surface area contributed by atoms with Crippen LogP contribution in [0.3, 0.4) is 0 Å². The fourth-order valence-electron chi connectivity index (χ4n) is 4.68. The number of nitrogens with two attached hydrogens (primary N) is 1. The first-order valence-electron chi connectivity index (χ1n) is 14.9. The molecule has 4 rings (SSSR count). The Morgan fingerprint density at radius 1 is 1.02 bits per heavy atom. The summed E-state index contributed by atoms with van der Waals surface area (Å²) in [5.41, 5.74) is 10.9. The van der Waals surface area contributed by atoms with Crippen LogP contribution in [0.1, 0.15) is 80.7 Å². The molecule has 8 heteroatoms. The molecule has 1 aliphatic carbocycles. The van der Waals surface area contributed by atoms with Gasteiger partial charge in [-0.15, -0.1) is 11.3 Å². The number of ether oxygens (including phenoxy) is 3. The zero-order chi connectivity index (χ0) is 31.0. The second-order valence-electron chi connectivity index (χ2n) is 10.7. The summed E-state index contributed by atoms with van der Waals surface area (Å²) >= 11 is 1.54. The van der Waals surface area contributed by atoms with Crippen LogP contribution in [0.4, 0.5) is 0 Å². The lowest BCUT2D eigenvalue weighted by atomic mass is 9.91. The second-order valence-corrected chi connectivity index (χ2v) is 11.6. The molecule has 230 valence electrons. The van der Waals surface area contributed by atoms with E-state index in [1.54, 1.807) is 27.0 Å². The number of carbonyl (C=O) groups is 2. The van der Waals surface area contributed by atoms with Gasteiger partial charge in [-0.3, -0.25) is 0 Å². The molecule has 0 saturated heterocycles. The molecule has 0 spiro atoms. The van der Waals surface area contributed by atoms with E-state index in [0.29, 0.717) is 31.1 Å². The summed E-state index contributed by atoms with van der Waals surface area (Å²) in [4.78, 5) is 26.6. The van der Waals surface area contributed by atoms with Crippen molar-refractivity contribution < 1.29 is 23.8 Å². The maximum atomic E-state index is 11.8. The highest BCUT2D eigenvalue weighted by molar-refractivity contribution is 7.09. The molecular weight excluding hydrogens is 560 g/mol. The van der Waals surface area contributed by atoms with Gasteiger partial charge in [-0.1, -0.05) is 43.5 Å². The van der Waals surface area contributed by atoms with Gasteiger partial charge in [-0.25, -0.2) is 9.78 Å². The number of benzene rings is 2. The summed E-state index contributed by atoms with van der Waals surface area (Å²) in [5.74, 6) is 1.73. The Morgan fingerprint density at radius 2 is 1.67 bits per heavy atom. The highest BCUT2D eigenvalue weighted by Gasteiger charge is 2.13. The molecule has 0 bridgehead atoms. The Labute approximate surface area is 259 Å². The minimum Gasteiger partial charge on any atom is -0.497 e. The van der Waals surface area contributed by atoms with Gasteiger partial charge in [0.25, 0.3) is 0 Å². The van der Waals surface area contributed by atoms with Crippen molar-refractivity contribution in [3.05, 3.63) is 93.0 Å². The Hall–Kier alpha value is -3.75. The van der Waals surface area contributed by atoms with E-state index in [1.165, 1.54) is 30.6 Å². The molecule has 2 N–H and O–H groups in total. The molecule has 2 aromatic carbocycles. The Morgan fingerprint density at radius 3 is 2.28 bits per heavy atom. The average molecular weight is 605 g/mol. The summed E-state index contributed by atoms with van der Waals surface area (Å²) in [5, 5.41) is 2.84. The lowest BCUT2D eigenvalue weighted by Gasteiger charge is -2.14. The molecule has 1 unspecified atom stereocenters. The van der Waals surface area contributed by atoms with Crippen molar-refractivity contribution in [1.29, 1.82) is 0 Å². The number of rotatable bonds is 12. The quantitative estimate of drug-likeness (QED) is 0.0981. The number of aldehydes is 1. The highest BCUT2D eigenvalue weighted by Crippen LogP contribution is 2.24. The number of aromatic nitrogens is 1. The number of hydrogen-bond acceptors (Lipinski definition) is 8. The first-order chi connectivity index (χ1) is 20.8. The van der Waals surface area contributed by atoms with Crippen molar-refractivity contribution in [3.63, 3.8) is 0 Å². The third-order valence-electron chi connectivity index (χ3n) is 7.06. The molecule has 1 aliphatic rings. The fraction of sp³-hybridized carbons (Fsp3) is 0.400. The molecule has 43 heavy (non-hydrogen) atoms. The molecule has 1 fully saturated rings. The minimum atomic E-state index is -0.307. The third kappa shape index (κ3) is 11.8. The first-order valence-corrected chi connectivity index (χ1v) is 15.7. The second kappa shape index (κ2) is 18.0. The van der Waals surface area contributed by atoms with E-state index in [9.17, 15) is 9.59 Å². The van der Waals surface area contributed by atoms with E-state index in [2.05, 4.69) is 4.98 Å². The molecule has 0 radical (unpaired) electrons. The minimum absolute atomic E-state index is 0.203. The van der Waals surface area contributed by atoms with Gasteiger partial charge in [-0.2, -0.15) is 0 Å².